The summed E-state index contributed by atoms with van der Waals surface area (Å²) in [5, 5.41) is 0. The van der Waals surface area contributed by atoms with Gasteiger partial charge in [0.2, 0.25) is 0 Å². The monoisotopic (exact) mass is 211 g/mol. The largest absolute Gasteiger partial charge is 0.341 e. The van der Waals surface area contributed by atoms with Crippen LogP contribution in [0.3, 0.4) is 0 Å². The fourth-order valence-electron chi connectivity index (χ4n) is 1.62. The van der Waals surface area contributed by atoms with Crippen molar-refractivity contribution in [2.45, 2.75) is 45.4 Å². The van der Waals surface area contributed by atoms with Crippen LogP contribution in [0.4, 0.5) is 0 Å². The third-order valence-corrected chi connectivity index (χ3v) is 2.38. The van der Waals surface area contributed by atoms with Gasteiger partial charge < -0.3 is 4.84 Å². The Labute approximate surface area is 89.6 Å². The second-order valence-electron chi connectivity index (χ2n) is 3.75. The van der Waals surface area contributed by atoms with Crippen molar-refractivity contribution in [2.75, 3.05) is 0 Å². The molecule has 0 aromatic heterocycles. The van der Waals surface area contributed by atoms with Gasteiger partial charge in [0, 0.05) is 13.3 Å². The first kappa shape index (κ1) is 11.8. The number of hydrogen-bond acceptors (Lipinski definition) is 3. The van der Waals surface area contributed by atoms with Gasteiger partial charge in [0.15, 0.2) is 0 Å². The van der Waals surface area contributed by atoms with Crippen molar-refractivity contribution in [1.82, 2.24) is 5.48 Å². The lowest BCUT2D eigenvalue weighted by Crippen LogP contribution is -2.25. The van der Waals surface area contributed by atoms with Gasteiger partial charge in [-0.1, -0.05) is 18.1 Å². The third kappa shape index (κ3) is 5.20. The van der Waals surface area contributed by atoms with E-state index in [1.165, 1.54) is 31.8 Å². The van der Waals surface area contributed by atoms with Crippen molar-refractivity contribution in [3.05, 3.63) is 11.6 Å². The summed E-state index contributed by atoms with van der Waals surface area (Å²) in [6.07, 6.45) is 8.16. The Morgan fingerprint density at radius 3 is 2.60 bits per heavy atom. The topological polar surface area (TPSA) is 55.4 Å². The molecular weight excluding hydrogens is 194 g/mol. The van der Waals surface area contributed by atoms with E-state index in [4.69, 9.17) is 0 Å². The number of rotatable bonds is 2. The van der Waals surface area contributed by atoms with E-state index in [0.29, 0.717) is 6.42 Å². The normalized spacial score (nSPS) is 15.7. The molecule has 15 heavy (non-hydrogen) atoms. The fourth-order valence-corrected chi connectivity index (χ4v) is 1.62. The Morgan fingerprint density at radius 1 is 1.33 bits per heavy atom. The van der Waals surface area contributed by atoms with Crippen LogP contribution in [-0.4, -0.2) is 11.9 Å². The molecule has 1 aliphatic carbocycles. The maximum Gasteiger partial charge on any atom is 0.329 e. The number of amides is 1. The minimum Gasteiger partial charge on any atom is -0.341 e. The average Bonchev–Trinajstić information content (AvgIpc) is 2.25. The quantitative estimate of drug-likeness (QED) is 0.560. The van der Waals surface area contributed by atoms with Crippen LogP contribution in [0.25, 0.3) is 0 Å². The zero-order chi connectivity index (χ0) is 11.1. The smallest absolute Gasteiger partial charge is 0.329 e. The van der Waals surface area contributed by atoms with Crippen molar-refractivity contribution in [3.63, 3.8) is 0 Å². The molecule has 84 valence electrons. The van der Waals surface area contributed by atoms with Crippen LogP contribution in [0.5, 0.6) is 0 Å². The molecule has 0 heterocycles. The Kier molecular flexibility index (Phi) is 4.87. The van der Waals surface area contributed by atoms with Crippen molar-refractivity contribution in [2.24, 2.45) is 0 Å². The van der Waals surface area contributed by atoms with Crippen LogP contribution in [0, 0.1) is 0 Å². The van der Waals surface area contributed by atoms with E-state index >= 15 is 0 Å². The lowest BCUT2D eigenvalue weighted by molar-refractivity contribution is -0.155. The van der Waals surface area contributed by atoms with Gasteiger partial charge in [0.25, 0.3) is 5.91 Å². The van der Waals surface area contributed by atoms with Gasteiger partial charge in [0.05, 0.1) is 0 Å². The maximum absolute atomic E-state index is 11.2. The van der Waals surface area contributed by atoms with E-state index < -0.39 is 5.97 Å². The highest BCUT2D eigenvalue weighted by atomic mass is 16.7. The lowest BCUT2D eigenvalue weighted by Gasteiger charge is -2.13. The zero-order valence-corrected chi connectivity index (χ0v) is 9.04. The molecule has 4 heteroatoms. The maximum atomic E-state index is 11.2. The number of allylic oxidation sites excluding steroid dienone is 1. The summed E-state index contributed by atoms with van der Waals surface area (Å²) < 4.78 is 0. The Bertz CT molecular complexity index is 263. The van der Waals surface area contributed by atoms with Crippen LogP contribution < -0.4 is 5.48 Å². The lowest BCUT2D eigenvalue weighted by atomic mass is 9.94. The standard InChI is InChI=1S/C11H17NO3/c1-9(13)15-12-11(14)8-7-10-5-3-2-4-6-10/h7H,2-6,8H2,1H3,(H,12,14). The number of hydrogen-bond donors (Lipinski definition) is 1. The molecule has 0 aromatic carbocycles. The van der Waals surface area contributed by atoms with E-state index in [2.05, 4.69) is 10.3 Å². The summed E-state index contributed by atoms with van der Waals surface area (Å²) in [5.74, 6) is -0.781. The Hall–Kier alpha value is -1.32. The number of hydroxylamine groups is 1. The summed E-state index contributed by atoms with van der Waals surface area (Å²) in [7, 11) is 0. The van der Waals surface area contributed by atoms with Crippen molar-refractivity contribution in [3.8, 4) is 0 Å². The second-order valence-corrected chi connectivity index (χ2v) is 3.75. The molecule has 0 atom stereocenters. The highest BCUT2D eigenvalue weighted by Crippen LogP contribution is 2.22. The second kappa shape index (κ2) is 6.22. The van der Waals surface area contributed by atoms with E-state index in [1.807, 2.05) is 6.08 Å². The number of carbonyl (C=O) groups excluding carboxylic acids is 2. The summed E-state index contributed by atoms with van der Waals surface area (Å²) in [4.78, 5) is 25.9. The molecule has 1 saturated carbocycles. The van der Waals surface area contributed by atoms with Crippen LogP contribution in [0.2, 0.25) is 0 Å². The minimum atomic E-state index is -0.506. The van der Waals surface area contributed by atoms with Crippen LogP contribution in [0.15, 0.2) is 11.6 Å². The molecule has 1 amide bonds. The molecule has 0 saturated heterocycles. The molecule has 0 spiro atoms. The molecular formula is C11H17NO3. The Balaban J connectivity index is 2.22. The molecule has 0 unspecified atom stereocenters. The third-order valence-electron chi connectivity index (χ3n) is 2.38. The molecule has 0 aromatic rings. The molecule has 0 aliphatic heterocycles. The Morgan fingerprint density at radius 2 is 2.00 bits per heavy atom. The SMILES string of the molecule is CC(=O)ONC(=O)CC=C1CCCCC1. The van der Waals surface area contributed by atoms with Gasteiger partial charge in [-0.05, 0) is 25.7 Å². The predicted molar refractivity (Wildman–Crippen MR) is 55.7 cm³/mol. The molecule has 1 rings (SSSR count). The first-order valence-electron chi connectivity index (χ1n) is 5.32. The molecule has 4 nitrogen and oxygen atoms in total. The van der Waals surface area contributed by atoms with E-state index in [-0.39, 0.29) is 5.91 Å². The van der Waals surface area contributed by atoms with Crippen LogP contribution in [-0.2, 0) is 14.4 Å². The average molecular weight is 211 g/mol. The first-order valence-corrected chi connectivity index (χ1v) is 5.32. The van der Waals surface area contributed by atoms with E-state index in [1.54, 1.807) is 0 Å². The van der Waals surface area contributed by atoms with Gasteiger partial charge in [-0.15, -0.1) is 0 Å². The minimum absolute atomic E-state index is 0.275. The summed E-state index contributed by atoms with van der Waals surface area (Å²) in [6, 6.07) is 0. The van der Waals surface area contributed by atoms with Crippen LogP contribution >= 0.6 is 0 Å². The van der Waals surface area contributed by atoms with Gasteiger partial charge in [-0.25, -0.2) is 0 Å². The van der Waals surface area contributed by atoms with Gasteiger partial charge in [-0.3, -0.25) is 9.59 Å². The molecule has 1 aliphatic rings. The molecule has 0 radical (unpaired) electrons. The zero-order valence-electron chi connectivity index (χ0n) is 9.04. The van der Waals surface area contributed by atoms with Crippen molar-refractivity contribution < 1.29 is 14.4 Å². The summed E-state index contributed by atoms with van der Waals surface area (Å²) in [6.45, 7) is 1.25. The van der Waals surface area contributed by atoms with Crippen LogP contribution in [0.1, 0.15) is 45.4 Å². The molecule has 0 bridgehead atoms. The van der Waals surface area contributed by atoms with Gasteiger partial charge in [-0.2, -0.15) is 5.48 Å². The molecule has 1 fully saturated rings. The van der Waals surface area contributed by atoms with Gasteiger partial charge in [0.1, 0.15) is 0 Å². The highest BCUT2D eigenvalue weighted by molar-refractivity contribution is 5.78. The number of carbonyl (C=O) groups is 2. The summed E-state index contributed by atoms with van der Waals surface area (Å²) >= 11 is 0. The first-order chi connectivity index (χ1) is 7.18. The molecule has 1 N–H and O–H groups in total. The number of nitrogens with one attached hydrogen (secondary N) is 1. The predicted octanol–water partition coefficient (Wildman–Crippen LogP) is 1.86. The van der Waals surface area contributed by atoms with E-state index in [9.17, 15) is 9.59 Å². The highest BCUT2D eigenvalue weighted by Gasteiger charge is 2.06. The van der Waals surface area contributed by atoms with Crippen molar-refractivity contribution >= 4 is 11.9 Å². The van der Waals surface area contributed by atoms with Crippen molar-refractivity contribution in [1.29, 1.82) is 0 Å². The summed E-state index contributed by atoms with van der Waals surface area (Å²) in [5.41, 5.74) is 3.44. The van der Waals surface area contributed by atoms with Gasteiger partial charge >= 0.3 is 5.97 Å². The van der Waals surface area contributed by atoms with E-state index in [0.717, 1.165) is 12.8 Å². The fraction of sp³-hybridized carbons (Fsp3) is 0.636.